The Labute approximate surface area is 116 Å². The van der Waals surface area contributed by atoms with E-state index >= 15 is 0 Å². The van der Waals surface area contributed by atoms with Crippen LogP contribution in [0.15, 0.2) is 54.6 Å². The lowest BCUT2D eigenvalue weighted by molar-refractivity contribution is 0.306. The highest BCUT2D eigenvalue weighted by Crippen LogP contribution is 2.20. The highest BCUT2D eigenvalue weighted by molar-refractivity contribution is 5.82. The van der Waals surface area contributed by atoms with E-state index in [1.54, 1.807) is 12.1 Å². The fourth-order valence-corrected chi connectivity index (χ4v) is 2.23. The second kappa shape index (κ2) is 5.29. The molecule has 1 aromatic heterocycles. The Morgan fingerprint density at radius 1 is 1.05 bits per heavy atom. The number of benzene rings is 2. The van der Waals surface area contributed by atoms with Crippen LogP contribution in [0, 0.1) is 12.7 Å². The lowest BCUT2D eigenvalue weighted by Crippen LogP contribution is -1.99. The van der Waals surface area contributed by atoms with Gasteiger partial charge in [-0.2, -0.15) is 0 Å². The van der Waals surface area contributed by atoms with Crippen molar-refractivity contribution in [3.63, 3.8) is 0 Å². The van der Waals surface area contributed by atoms with E-state index in [-0.39, 0.29) is 5.82 Å². The number of pyridine rings is 1. The molecular formula is C17H14FNO. The summed E-state index contributed by atoms with van der Waals surface area (Å²) in [7, 11) is 0. The van der Waals surface area contributed by atoms with Crippen LogP contribution in [0.2, 0.25) is 0 Å². The van der Waals surface area contributed by atoms with Gasteiger partial charge in [-0.3, -0.25) is 4.98 Å². The van der Waals surface area contributed by atoms with Gasteiger partial charge in [-0.1, -0.05) is 24.3 Å². The van der Waals surface area contributed by atoms with Crippen LogP contribution in [0.5, 0.6) is 5.75 Å². The summed E-state index contributed by atoms with van der Waals surface area (Å²) in [6.07, 6.45) is 0. The van der Waals surface area contributed by atoms with Crippen LogP contribution < -0.4 is 4.74 Å². The number of hydrogen-bond acceptors (Lipinski definition) is 2. The third-order valence-electron chi connectivity index (χ3n) is 3.12. The number of para-hydroxylation sites is 1. The second-order valence-electron chi connectivity index (χ2n) is 4.69. The molecule has 0 aliphatic carbocycles. The second-order valence-corrected chi connectivity index (χ2v) is 4.69. The number of halogens is 1. The first kappa shape index (κ1) is 12.6. The topological polar surface area (TPSA) is 22.1 Å². The molecule has 3 rings (SSSR count). The number of hydrogen-bond donors (Lipinski definition) is 0. The zero-order valence-electron chi connectivity index (χ0n) is 11.1. The summed E-state index contributed by atoms with van der Waals surface area (Å²) >= 11 is 0. The van der Waals surface area contributed by atoms with Gasteiger partial charge in [0.2, 0.25) is 0 Å². The van der Waals surface area contributed by atoms with Crippen LogP contribution in [-0.2, 0) is 6.61 Å². The summed E-state index contributed by atoms with van der Waals surface area (Å²) < 4.78 is 18.8. The Balaban J connectivity index is 1.91. The number of fused-ring (bicyclic) bond motifs is 1. The van der Waals surface area contributed by atoms with Crippen LogP contribution in [0.3, 0.4) is 0 Å². The number of rotatable bonds is 3. The van der Waals surface area contributed by atoms with Crippen LogP contribution in [-0.4, -0.2) is 4.98 Å². The van der Waals surface area contributed by atoms with Crippen molar-refractivity contribution < 1.29 is 9.13 Å². The van der Waals surface area contributed by atoms with Gasteiger partial charge in [-0.05, 0) is 31.2 Å². The average molecular weight is 267 g/mol. The molecule has 0 unspecified atom stereocenters. The molecule has 0 bridgehead atoms. The van der Waals surface area contributed by atoms with E-state index in [9.17, 15) is 4.39 Å². The molecule has 2 nitrogen and oxygen atoms in total. The first-order valence-corrected chi connectivity index (χ1v) is 6.46. The van der Waals surface area contributed by atoms with Gasteiger partial charge in [0, 0.05) is 22.7 Å². The maximum absolute atomic E-state index is 13.1. The van der Waals surface area contributed by atoms with Gasteiger partial charge < -0.3 is 4.74 Å². The molecule has 1 heterocycles. The van der Waals surface area contributed by atoms with Crippen molar-refractivity contribution in [3.05, 3.63) is 71.7 Å². The predicted molar refractivity (Wildman–Crippen MR) is 77.2 cm³/mol. The molecule has 0 radical (unpaired) electrons. The van der Waals surface area contributed by atoms with Crippen molar-refractivity contribution in [1.29, 1.82) is 0 Å². The molecule has 0 fully saturated rings. The molecule has 0 saturated heterocycles. The van der Waals surface area contributed by atoms with E-state index in [0.717, 1.165) is 22.2 Å². The summed E-state index contributed by atoms with van der Waals surface area (Å²) in [4.78, 5) is 4.49. The third-order valence-corrected chi connectivity index (χ3v) is 3.12. The van der Waals surface area contributed by atoms with Crippen molar-refractivity contribution in [1.82, 2.24) is 4.98 Å². The van der Waals surface area contributed by atoms with Crippen molar-refractivity contribution in [2.75, 3.05) is 0 Å². The maximum atomic E-state index is 13.1. The minimum Gasteiger partial charge on any atom is -0.489 e. The van der Waals surface area contributed by atoms with Gasteiger partial charge in [0.05, 0.1) is 5.52 Å². The first-order chi connectivity index (χ1) is 9.72. The van der Waals surface area contributed by atoms with E-state index < -0.39 is 0 Å². The Bertz CT molecular complexity index is 755. The molecule has 0 spiro atoms. The Hall–Kier alpha value is -2.42. The zero-order valence-corrected chi connectivity index (χ0v) is 11.1. The first-order valence-electron chi connectivity index (χ1n) is 6.46. The van der Waals surface area contributed by atoms with E-state index in [1.807, 2.05) is 37.3 Å². The SMILES string of the molecule is Cc1cc(COc2cccc(F)c2)c2ccccc2n1. The summed E-state index contributed by atoms with van der Waals surface area (Å²) in [5.41, 5.74) is 2.95. The van der Waals surface area contributed by atoms with Gasteiger partial charge in [0.1, 0.15) is 18.2 Å². The van der Waals surface area contributed by atoms with Gasteiger partial charge in [0.25, 0.3) is 0 Å². The van der Waals surface area contributed by atoms with Crippen LogP contribution in [0.1, 0.15) is 11.3 Å². The molecule has 3 aromatic rings. The smallest absolute Gasteiger partial charge is 0.126 e. The maximum Gasteiger partial charge on any atom is 0.126 e. The number of nitrogens with zero attached hydrogens (tertiary/aromatic N) is 1. The van der Waals surface area contributed by atoms with E-state index in [2.05, 4.69) is 4.98 Å². The van der Waals surface area contributed by atoms with Gasteiger partial charge >= 0.3 is 0 Å². The van der Waals surface area contributed by atoms with Crippen LogP contribution >= 0.6 is 0 Å². The standard InChI is InChI=1S/C17H14FNO/c1-12-9-13(16-7-2-3-8-17(16)19-12)11-20-15-6-4-5-14(18)10-15/h2-10H,11H2,1H3. The molecular weight excluding hydrogens is 253 g/mol. The Kier molecular flexibility index (Phi) is 3.33. The number of aromatic nitrogens is 1. The molecule has 0 aliphatic heterocycles. The lowest BCUT2D eigenvalue weighted by atomic mass is 10.1. The third kappa shape index (κ3) is 2.62. The highest BCUT2D eigenvalue weighted by Gasteiger charge is 2.05. The summed E-state index contributed by atoms with van der Waals surface area (Å²) in [5.74, 6) is 0.238. The van der Waals surface area contributed by atoms with Crippen LogP contribution in [0.4, 0.5) is 4.39 Å². The number of aryl methyl sites for hydroxylation is 1. The lowest BCUT2D eigenvalue weighted by Gasteiger charge is -2.10. The summed E-state index contributed by atoms with van der Waals surface area (Å²) in [6, 6.07) is 16.1. The molecule has 20 heavy (non-hydrogen) atoms. The molecule has 0 atom stereocenters. The summed E-state index contributed by atoms with van der Waals surface area (Å²) in [5, 5.41) is 1.06. The minimum atomic E-state index is -0.293. The monoisotopic (exact) mass is 267 g/mol. The highest BCUT2D eigenvalue weighted by atomic mass is 19.1. The van der Waals surface area contributed by atoms with Gasteiger partial charge in [0.15, 0.2) is 0 Å². The van der Waals surface area contributed by atoms with Crippen molar-refractivity contribution >= 4 is 10.9 Å². The number of ether oxygens (including phenoxy) is 1. The molecule has 100 valence electrons. The summed E-state index contributed by atoms with van der Waals surface area (Å²) in [6.45, 7) is 2.35. The normalized spacial score (nSPS) is 10.7. The van der Waals surface area contributed by atoms with Gasteiger partial charge in [-0.25, -0.2) is 4.39 Å². The fourth-order valence-electron chi connectivity index (χ4n) is 2.23. The minimum absolute atomic E-state index is 0.293. The van der Waals surface area contributed by atoms with Crippen LogP contribution in [0.25, 0.3) is 10.9 Å². The largest absolute Gasteiger partial charge is 0.489 e. The molecule has 0 N–H and O–H groups in total. The Morgan fingerprint density at radius 2 is 1.90 bits per heavy atom. The quantitative estimate of drug-likeness (QED) is 0.707. The Morgan fingerprint density at radius 3 is 2.75 bits per heavy atom. The van der Waals surface area contributed by atoms with E-state index in [4.69, 9.17) is 4.74 Å². The zero-order chi connectivity index (χ0) is 13.9. The predicted octanol–water partition coefficient (Wildman–Crippen LogP) is 4.26. The molecule has 3 heteroatoms. The average Bonchev–Trinajstić information content (AvgIpc) is 2.44. The van der Waals surface area contributed by atoms with Crippen molar-refractivity contribution in [3.8, 4) is 5.75 Å². The van der Waals surface area contributed by atoms with Crippen molar-refractivity contribution in [2.45, 2.75) is 13.5 Å². The molecule has 0 saturated carbocycles. The van der Waals surface area contributed by atoms with Gasteiger partial charge in [-0.15, -0.1) is 0 Å². The van der Waals surface area contributed by atoms with Crippen molar-refractivity contribution in [2.24, 2.45) is 0 Å². The molecule has 0 aliphatic rings. The fraction of sp³-hybridized carbons (Fsp3) is 0.118. The molecule has 0 amide bonds. The molecule has 2 aromatic carbocycles. The van der Waals surface area contributed by atoms with E-state index in [0.29, 0.717) is 12.4 Å². The van der Waals surface area contributed by atoms with E-state index in [1.165, 1.54) is 12.1 Å².